The van der Waals surface area contributed by atoms with Crippen molar-refractivity contribution in [1.82, 2.24) is 19.8 Å². The molecule has 0 N–H and O–H groups in total. The predicted molar refractivity (Wildman–Crippen MR) is 120 cm³/mol. The van der Waals surface area contributed by atoms with E-state index < -0.39 is 0 Å². The molecular weight excluding hydrogens is 396 g/mol. The molecule has 1 fully saturated rings. The fourth-order valence-electron chi connectivity index (χ4n) is 3.62. The molecule has 7 heteroatoms. The minimum Gasteiger partial charge on any atom is -0.460 e. The van der Waals surface area contributed by atoms with Crippen molar-refractivity contribution in [3.8, 4) is 0 Å². The highest BCUT2D eigenvalue weighted by molar-refractivity contribution is 7.99. The summed E-state index contributed by atoms with van der Waals surface area (Å²) in [4.78, 5) is 13.6. The van der Waals surface area contributed by atoms with Gasteiger partial charge in [0.25, 0.3) is 0 Å². The number of allylic oxidation sites excluding steroid dienone is 4. The Morgan fingerprint density at radius 3 is 2.57 bits per heavy atom. The SMILES string of the molecule is CCc1cnc(SCCN2CCN(C3=COC(CC4=CC=CCC4)=CO3)CC2)nc1. The first-order valence-electron chi connectivity index (χ1n) is 10.8. The highest BCUT2D eigenvalue weighted by Crippen LogP contribution is 2.25. The van der Waals surface area contributed by atoms with Crippen molar-refractivity contribution < 1.29 is 9.47 Å². The topological polar surface area (TPSA) is 50.7 Å². The number of ether oxygens (including phenoxy) is 2. The number of hydrogen-bond acceptors (Lipinski definition) is 7. The van der Waals surface area contributed by atoms with Crippen LogP contribution >= 0.6 is 11.8 Å². The molecule has 1 aromatic heterocycles. The van der Waals surface area contributed by atoms with E-state index in [1.54, 1.807) is 24.3 Å². The summed E-state index contributed by atoms with van der Waals surface area (Å²) in [6.45, 7) is 7.09. The molecule has 0 amide bonds. The van der Waals surface area contributed by atoms with E-state index in [-0.39, 0.29) is 0 Å². The van der Waals surface area contributed by atoms with Gasteiger partial charge in [-0.2, -0.15) is 0 Å². The van der Waals surface area contributed by atoms with Crippen LogP contribution in [0, 0.1) is 0 Å². The van der Waals surface area contributed by atoms with Gasteiger partial charge in [-0.05, 0) is 24.8 Å². The molecule has 0 radical (unpaired) electrons. The van der Waals surface area contributed by atoms with Crippen molar-refractivity contribution in [1.29, 1.82) is 0 Å². The highest BCUT2D eigenvalue weighted by atomic mass is 32.2. The predicted octanol–water partition coefficient (Wildman–Crippen LogP) is 4.10. The molecule has 30 heavy (non-hydrogen) atoms. The molecule has 6 nitrogen and oxygen atoms in total. The van der Waals surface area contributed by atoms with E-state index in [2.05, 4.69) is 44.9 Å². The summed E-state index contributed by atoms with van der Waals surface area (Å²) in [6, 6.07) is 0. The quantitative estimate of drug-likeness (QED) is 0.458. The highest BCUT2D eigenvalue weighted by Gasteiger charge is 2.22. The Labute approximate surface area is 183 Å². The normalized spacial score (nSPS) is 19.5. The molecule has 2 aliphatic heterocycles. The van der Waals surface area contributed by atoms with Gasteiger partial charge in [-0.1, -0.05) is 42.5 Å². The Bertz CT molecular complexity index is 824. The van der Waals surface area contributed by atoms with Crippen LogP contribution in [0.1, 0.15) is 31.7 Å². The monoisotopic (exact) mass is 426 g/mol. The van der Waals surface area contributed by atoms with Gasteiger partial charge in [0.15, 0.2) is 11.4 Å². The molecule has 0 bridgehead atoms. The number of hydrogen-bond donors (Lipinski definition) is 0. The molecule has 1 saturated heterocycles. The number of nitrogens with zero attached hydrogens (tertiary/aromatic N) is 4. The molecule has 4 rings (SSSR count). The van der Waals surface area contributed by atoms with Gasteiger partial charge in [-0.15, -0.1) is 0 Å². The van der Waals surface area contributed by atoms with Crippen LogP contribution in [0.4, 0.5) is 0 Å². The van der Waals surface area contributed by atoms with Gasteiger partial charge in [0, 0.05) is 57.3 Å². The van der Waals surface area contributed by atoms with Crippen molar-refractivity contribution in [3.63, 3.8) is 0 Å². The molecule has 3 aliphatic rings. The minimum absolute atomic E-state index is 0.815. The molecule has 1 aromatic rings. The van der Waals surface area contributed by atoms with Crippen LogP contribution in [-0.4, -0.2) is 58.2 Å². The number of rotatable bonds is 8. The first kappa shape index (κ1) is 21.0. The van der Waals surface area contributed by atoms with Crippen molar-refractivity contribution in [2.24, 2.45) is 0 Å². The van der Waals surface area contributed by atoms with Crippen LogP contribution in [0.2, 0.25) is 0 Å². The summed E-state index contributed by atoms with van der Waals surface area (Å²) in [6.07, 6.45) is 17.9. The minimum atomic E-state index is 0.815. The molecule has 0 unspecified atom stereocenters. The van der Waals surface area contributed by atoms with Gasteiger partial charge in [0.05, 0.1) is 0 Å². The lowest BCUT2D eigenvalue weighted by Gasteiger charge is -2.36. The zero-order chi connectivity index (χ0) is 20.6. The Morgan fingerprint density at radius 2 is 1.90 bits per heavy atom. The maximum absolute atomic E-state index is 5.88. The van der Waals surface area contributed by atoms with Crippen LogP contribution < -0.4 is 0 Å². The summed E-state index contributed by atoms with van der Waals surface area (Å²) in [5.74, 6) is 2.70. The van der Waals surface area contributed by atoms with Crippen molar-refractivity contribution in [2.45, 2.75) is 37.8 Å². The van der Waals surface area contributed by atoms with Gasteiger partial charge in [0.2, 0.25) is 5.88 Å². The van der Waals surface area contributed by atoms with Crippen LogP contribution in [0.5, 0.6) is 0 Å². The maximum Gasteiger partial charge on any atom is 0.231 e. The lowest BCUT2D eigenvalue weighted by Crippen LogP contribution is -2.46. The van der Waals surface area contributed by atoms with Crippen LogP contribution in [0.25, 0.3) is 0 Å². The van der Waals surface area contributed by atoms with Crippen molar-refractivity contribution in [2.75, 3.05) is 38.5 Å². The van der Waals surface area contributed by atoms with Crippen molar-refractivity contribution in [3.05, 3.63) is 65.9 Å². The lowest BCUT2D eigenvalue weighted by molar-refractivity contribution is 0.0853. The molecule has 0 spiro atoms. The number of aryl methyl sites for hydroxylation is 1. The first-order valence-corrected chi connectivity index (χ1v) is 11.8. The molecule has 0 aromatic carbocycles. The lowest BCUT2D eigenvalue weighted by atomic mass is 10.0. The summed E-state index contributed by atoms with van der Waals surface area (Å²) < 4.78 is 11.7. The summed E-state index contributed by atoms with van der Waals surface area (Å²) >= 11 is 1.73. The van der Waals surface area contributed by atoms with E-state index in [4.69, 9.17) is 9.47 Å². The van der Waals surface area contributed by atoms with E-state index in [0.717, 1.165) is 81.0 Å². The van der Waals surface area contributed by atoms with Gasteiger partial charge in [-0.25, -0.2) is 9.97 Å². The van der Waals surface area contributed by atoms with Gasteiger partial charge < -0.3 is 14.4 Å². The second-order valence-corrected chi connectivity index (χ2v) is 8.71. The smallest absolute Gasteiger partial charge is 0.231 e. The van der Waals surface area contributed by atoms with Gasteiger partial charge in [0.1, 0.15) is 12.0 Å². The van der Waals surface area contributed by atoms with E-state index in [1.807, 2.05) is 12.4 Å². The van der Waals surface area contributed by atoms with E-state index in [0.29, 0.717) is 0 Å². The largest absolute Gasteiger partial charge is 0.460 e. The third-order valence-electron chi connectivity index (χ3n) is 5.54. The third-order valence-corrected chi connectivity index (χ3v) is 6.39. The standard InChI is InChI=1S/C23H30N4O2S/c1-2-19-15-24-23(25-16-19)30-13-12-26-8-10-27(11-9-26)22-18-28-21(17-29-22)14-20-6-4-3-5-7-20/h3-4,6,15-18H,2,5,7-14H2,1H3. The number of thioether (sulfide) groups is 1. The molecule has 0 saturated carbocycles. The molecule has 3 heterocycles. The zero-order valence-electron chi connectivity index (χ0n) is 17.6. The molecular formula is C23H30N4O2S. The Kier molecular flexibility index (Phi) is 7.48. The van der Waals surface area contributed by atoms with Crippen LogP contribution in [-0.2, 0) is 15.9 Å². The molecule has 1 aliphatic carbocycles. The fourth-order valence-corrected chi connectivity index (χ4v) is 4.41. The summed E-state index contributed by atoms with van der Waals surface area (Å²) in [5, 5.41) is 0.867. The number of aromatic nitrogens is 2. The maximum atomic E-state index is 5.88. The average molecular weight is 427 g/mol. The first-order chi connectivity index (χ1) is 14.8. The number of piperazine rings is 1. The Balaban J connectivity index is 1.15. The molecule has 0 atom stereocenters. The van der Waals surface area contributed by atoms with Gasteiger partial charge in [-0.3, -0.25) is 4.90 Å². The van der Waals surface area contributed by atoms with Crippen LogP contribution in [0.15, 0.2) is 65.5 Å². The fraction of sp³-hybridized carbons (Fsp3) is 0.478. The summed E-state index contributed by atoms with van der Waals surface area (Å²) in [5.41, 5.74) is 2.58. The van der Waals surface area contributed by atoms with Crippen molar-refractivity contribution >= 4 is 11.8 Å². The second kappa shape index (κ2) is 10.7. The second-order valence-electron chi connectivity index (χ2n) is 7.65. The molecule has 160 valence electrons. The zero-order valence-corrected chi connectivity index (χ0v) is 18.4. The average Bonchev–Trinajstić information content (AvgIpc) is 2.81. The van der Waals surface area contributed by atoms with Gasteiger partial charge >= 0.3 is 0 Å². The van der Waals surface area contributed by atoms with E-state index in [9.17, 15) is 0 Å². The van der Waals surface area contributed by atoms with E-state index >= 15 is 0 Å². The Hall–Kier alpha value is -2.25. The summed E-state index contributed by atoms with van der Waals surface area (Å²) in [7, 11) is 0. The van der Waals surface area contributed by atoms with Crippen LogP contribution in [0.3, 0.4) is 0 Å². The third kappa shape index (κ3) is 5.89. The Morgan fingerprint density at radius 1 is 1.07 bits per heavy atom. The van der Waals surface area contributed by atoms with E-state index in [1.165, 1.54) is 11.1 Å².